The smallest absolute Gasteiger partial charge is 0.793 e. The van der Waals surface area contributed by atoms with Crippen LogP contribution in [0.1, 0.15) is 153 Å². The number of pyridine rings is 3. The molecule has 9 aromatic heterocycles. The van der Waals surface area contributed by atoms with E-state index in [1.165, 1.54) is 30.0 Å². The van der Waals surface area contributed by atoms with Crippen LogP contribution in [0.5, 0.6) is 0 Å². The Morgan fingerprint density at radius 3 is 1.00 bits per heavy atom. The quantitative estimate of drug-likeness (QED) is 0.0228. The molecule has 0 aliphatic heterocycles. The van der Waals surface area contributed by atoms with Gasteiger partial charge in [0, 0.05) is 213 Å². The van der Waals surface area contributed by atoms with Crippen LogP contribution in [-0.2, 0) is 99.0 Å². The number of ketones is 1. The third-order valence-electron chi connectivity index (χ3n) is 22.4. The minimum absolute atomic E-state index is 0. The molecule has 0 bridgehead atoms. The van der Waals surface area contributed by atoms with Crippen molar-refractivity contribution in [2.75, 3.05) is 80.4 Å². The fourth-order valence-corrected chi connectivity index (χ4v) is 19.9. The molecule has 12 aromatic rings. The van der Waals surface area contributed by atoms with Crippen molar-refractivity contribution in [3.05, 3.63) is 200 Å². The average molecular weight is 1790 g/mol. The first-order valence-corrected chi connectivity index (χ1v) is 46.2. The number of aromatic nitrogens is 12. The molecular weight excluding hydrogens is 1680 g/mol. The van der Waals surface area contributed by atoms with Crippen LogP contribution in [0.2, 0.25) is 0 Å². The second-order valence-electron chi connectivity index (χ2n) is 30.8. The van der Waals surface area contributed by atoms with Crippen molar-refractivity contribution in [3.8, 4) is 33.4 Å². The first-order valence-electron chi connectivity index (χ1n) is 41.9. The minimum Gasteiger partial charge on any atom is -0.793 e. The summed E-state index contributed by atoms with van der Waals surface area (Å²) in [5.41, 5.74) is 9.63. The van der Waals surface area contributed by atoms with Crippen molar-refractivity contribution >= 4 is 94.9 Å². The molecule has 3 radical (unpaired) electrons. The first kappa shape index (κ1) is 99.9. The molecule has 9 heterocycles. The maximum atomic E-state index is 13.6. The average Bonchev–Trinajstić information content (AvgIpc) is 1.60. The Labute approximate surface area is 761 Å². The summed E-state index contributed by atoms with van der Waals surface area (Å²) in [6.45, 7) is 18.4. The fraction of sp³-hybridized carbons (Fsp3) is 0.422. The summed E-state index contributed by atoms with van der Waals surface area (Å²) in [6, 6.07) is 32.9. The van der Waals surface area contributed by atoms with Gasteiger partial charge < -0.3 is 32.2 Å². The molecule has 36 heteroatoms. The number of hydrogen-bond acceptors (Lipinski definition) is 25. The summed E-state index contributed by atoms with van der Waals surface area (Å²) >= 11 is 0. The number of fused-ring (bicyclic) bond motifs is 3. The molecule has 15 rings (SSSR count). The Bertz CT molecular complexity index is 5640. The predicted molar refractivity (Wildman–Crippen MR) is 479 cm³/mol. The van der Waals surface area contributed by atoms with Gasteiger partial charge in [-0.1, -0.05) is 75.4 Å². The molecule has 31 nitrogen and oxygen atoms in total. The number of hydrogen-bond donors (Lipinski definition) is 1. The van der Waals surface area contributed by atoms with Crippen molar-refractivity contribution in [2.24, 2.45) is 21.1 Å². The van der Waals surface area contributed by atoms with Gasteiger partial charge in [0.25, 0.3) is 30.1 Å². The van der Waals surface area contributed by atoms with Crippen LogP contribution >= 0.6 is 0 Å². The summed E-state index contributed by atoms with van der Waals surface area (Å²) in [5, 5.41) is 18.5. The Kier molecular flexibility index (Phi) is 37.9. The van der Waals surface area contributed by atoms with Gasteiger partial charge in [-0.3, -0.25) is 33.4 Å². The van der Waals surface area contributed by atoms with E-state index in [1.54, 1.807) is 158 Å². The second kappa shape index (κ2) is 47.8. The predicted octanol–water partition coefficient (Wildman–Crippen LogP) is 10.1. The van der Waals surface area contributed by atoms with Crippen LogP contribution in [0.15, 0.2) is 198 Å². The van der Waals surface area contributed by atoms with E-state index in [4.69, 9.17) is 24.2 Å². The maximum Gasteiger partial charge on any atom is 1.00 e. The second-order valence-corrected chi connectivity index (χ2v) is 36.2. The molecule has 126 heavy (non-hydrogen) atoms. The van der Waals surface area contributed by atoms with Gasteiger partial charge in [0.2, 0.25) is 5.97 Å². The fourth-order valence-electron chi connectivity index (χ4n) is 15.9. The molecule has 0 saturated heterocycles. The van der Waals surface area contributed by atoms with E-state index in [0.29, 0.717) is 59.5 Å². The minimum atomic E-state index is -3.81. The van der Waals surface area contributed by atoms with Gasteiger partial charge >= 0.3 is 41.5 Å². The number of benzene rings is 3. The van der Waals surface area contributed by atoms with Crippen LogP contribution in [0.3, 0.4) is 0 Å². The van der Waals surface area contributed by atoms with Gasteiger partial charge in [0.1, 0.15) is 5.78 Å². The number of carbonyl (C=O) groups is 4. The van der Waals surface area contributed by atoms with E-state index >= 15 is 0 Å². The molecule has 1 N–H and O–H groups in total. The van der Waals surface area contributed by atoms with Crippen molar-refractivity contribution in [3.63, 3.8) is 0 Å². The van der Waals surface area contributed by atoms with Crippen molar-refractivity contribution in [1.82, 2.24) is 71.3 Å². The topological polar surface area (TPSA) is 352 Å². The first-order chi connectivity index (χ1) is 60.1. The summed E-state index contributed by atoms with van der Waals surface area (Å²) < 4.78 is 109. The van der Waals surface area contributed by atoms with E-state index in [0.717, 1.165) is 192 Å². The van der Waals surface area contributed by atoms with Gasteiger partial charge in [-0.05, 0) is 173 Å². The largest absolute Gasteiger partial charge is 1.00 e. The van der Waals surface area contributed by atoms with Gasteiger partial charge in [-0.15, -0.1) is 0 Å². The number of likely N-dealkylation sites (N-methyl/N-ethyl adjacent to an activating group) is 3. The zero-order valence-electron chi connectivity index (χ0n) is 74.2. The standard InChI is InChI=1S/2C28H35N5O3S.C23H22N4O3S.C5H13NO.C4H6O4.C2H3BO2.Na/c2*1-4-32(14-15-36-3)24-12-10-21(11-13-24)22-16-26-27(23-18-30-31(2)19-23)20-33(28(26)29-17-22)37(34,35)25-8-6-5-7-9-25;1-26-14-18(13-25-26)22-15-27(31(29,30)20-5-3-2-4-6-20)23-21(22)11-17(12-24-23)16-7-9-19(28)10-8-16;1-3-6-4-5-7-2;1-3(5)7-8-4(2)6;1-2(4)5-3;/h2*5-9,16-21,24H,4,10-15H2,1-3H3;2-6,11-16H,7-10H2,1H3;6H,3-5H2,1-2H3;1-2H3;1H3;/q;;;;;-1;+1. The molecule has 3 aliphatic rings. The van der Waals surface area contributed by atoms with Gasteiger partial charge in [0.15, 0.2) is 16.9 Å². The Hall–Kier alpha value is -9.89. The third kappa shape index (κ3) is 26.0. The van der Waals surface area contributed by atoms with Crippen LogP contribution in [0.4, 0.5) is 0 Å². The summed E-state index contributed by atoms with van der Waals surface area (Å²) in [6.07, 6.45) is 33.1. The summed E-state index contributed by atoms with van der Waals surface area (Å²) in [4.78, 5) is 68.2. The number of carbonyl (C=O) groups excluding carboxylic acids is 4. The monoisotopic (exact) mass is 1790 g/mol. The van der Waals surface area contributed by atoms with Crippen LogP contribution in [-0.4, -0.2) is 216 Å². The molecule has 0 spiro atoms. The van der Waals surface area contributed by atoms with E-state index in [1.807, 2.05) is 70.3 Å². The molecule has 3 saturated carbocycles. The van der Waals surface area contributed by atoms with Gasteiger partial charge in [-0.2, -0.15) is 15.3 Å². The van der Waals surface area contributed by atoms with E-state index < -0.39 is 48.0 Å². The molecule has 3 aromatic carbocycles. The molecular formula is C90H114BN15NaO16S3. The number of aryl methyl sites for hydroxylation is 3. The van der Waals surface area contributed by atoms with Crippen molar-refractivity contribution in [2.45, 2.75) is 163 Å². The van der Waals surface area contributed by atoms with Gasteiger partial charge in [0.05, 0.1) is 53.1 Å². The Morgan fingerprint density at radius 2 is 0.746 bits per heavy atom. The zero-order valence-corrected chi connectivity index (χ0v) is 78.6. The molecule has 0 unspecified atom stereocenters. The number of rotatable bonds is 26. The molecule has 3 fully saturated rings. The van der Waals surface area contributed by atoms with Crippen molar-refractivity contribution < 1.29 is 103 Å². The number of nitrogens with zero attached hydrogens (tertiary/aromatic N) is 14. The van der Waals surface area contributed by atoms with Crippen LogP contribution < -0.4 is 34.9 Å². The van der Waals surface area contributed by atoms with Crippen molar-refractivity contribution in [1.29, 1.82) is 0 Å². The number of ether oxygens (including phenoxy) is 3. The molecule has 0 amide bonds. The number of methoxy groups -OCH3 is 3. The van der Waals surface area contributed by atoms with E-state index in [-0.39, 0.29) is 50.2 Å². The Balaban J connectivity index is 0.000000192. The maximum absolute atomic E-state index is 13.6. The normalized spacial score (nSPS) is 16.0. The SMILES string of the molecule is CC(=O)OOC(C)=O.CCN(CCOC)C1CCC(c2cnc3c(c2)c(-c2cnn(C)c2)cn3S(=O)(=O)c2ccccc2)CC1.CCN(CCOC)C1CCC(c2cnc3c(c2)c(-c2cnn(C)c2)cn3S(=O)(=O)c2ccccc2)CC1.CCNCCOC.Cn1cc(-c2cn(S(=O)(=O)c3ccccc3)c3ncc(C4CCC(=O)CC4)cc23)cn1.[B-]OC(C)=O.[Na+]. The number of Topliss-reactive ketones (excluding diaryl/α,β-unsaturated/α-hetero) is 1. The van der Waals surface area contributed by atoms with Crippen LogP contribution in [0, 0.1) is 0 Å². The summed E-state index contributed by atoms with van der Waals surface area (Å²) in [5.74, 6) is -0.368. The molecule has 0 atom stereocenters. The van der Waals surface area contributed by atoms with Crippen LogP contribution in [0.25, 0.3) is 66.5 Å². The third-order valence-corrected chi connectivity index (χ3v) is 27.4. The molecule has 667 valence electrons. The number of nitrogens with one attached hydrogen (secondary N) is 1. The Morgan fingerprint density at radius 1 is 0.444 bits per heavy atom. The molecule has 3 aliphatic carbocycles. The van der Waals surface area contributed by atoms with E-state index in [9.17, 15) is 44.4 Å². The van der Waals surface area contributed by atoms with E-state index in [2.05, 4.69) is 90.8 Å². The summed E-state index contributed by atoms with van der Waals surface area (Å²) in [7, 11) is 3.67. The van der Waals surface area contributed by atoms with Gasteiger partial charge in [-0.25, -0.2) is 71.5 Å². The zero-order chi connectivity index (χ0) is 90.0.